The minimum atomic E-state index is -0.0199. The molecule has 3 rings (SSSR count). The Morgan fingerprint density at radius 2 is 1.79 bits per heavy atom. The van der Waals surface area contributed by atoms with Crippen LogP contribution in [0.25, 0.3) is 0 Å². The summed E-state index contributed by atoms with van der Waals surface area (Å²) in [4.78, 5) is 18.5. The summed E-state index contributed by atoms with van der Waals surface area (Å²) in [5.74, 6) is 1.09. The molecule has 7 nitrogen and oxygen atoms in total. The minimum Gasteiger partial charge on any atom is -0.376 e. The molecule has 1 atom stereocenters. The van der Waals surface area contributed by atoms with Gasteiger partial charge < -0.3 is 25.6 Å². The van der Waals surface area contributed by atoms with Crippen LogP contribution in [0.1, 0.15) is 30.9 Å². The first-order valence-corrected chi connectivity index (χ1v) is 11.3. The predicted molar refractivity (Wildman–Crippen MR) is 145 cm³/mol. The Labute approximate surface area is 214 Å². The molecule has 2 aromatic carbocycles. The van der Waals surface area contributed by atoms with Crippen LogP contribution in [0.15, 0.2) is 59.6 Å². The zero-order valence-corrected chi connectivity index (χ0v) is 21.9. The van der Waals surface area contributed by atoms with Crippen LogP contribution < -0.4 is 16.0 Å². The van der Waals surface area contributed by atoms with Crippen LogP contribution in [0.3, 0.4) is 0 Å². The number of carbonyl (C=O) groups excluding carboxylic acids is 1. The van der Waals surface area contributed by atoms with Crippen molar-refractivity contribution in [2.75, 3.05) is 38.6 Å². The predicted octanol–water partition coefficient (Wildman–Crippen LogP) is 4.45. The summed E-state index contributed by atoms with van der Waals surface area (Å²) < 4.78 is 5.82. The number of urea groups is 1. The standard InChI is InChI=1S/C25H35N5O2.HI/c1-20(18-32-19-21-9-4-3-5-10-21)16-27-24(26-2)28-17-22-11-8-12-23(15-22)29-25(31)30-13-6-7-14-30;/h3-5,8-12,15,20H,6-7,13-14,16-19H2,1-2H3,(H,29,31)(H2,26,27,28);1H. The van der Waals surface area contributed by atoms with E-state index in [0.29, 0.717) is 25.7 Å². The first-order chi connectivity index (χ1) is 15.6. The summed E-state index contributed by atoms with van der Waals surface area (Å²) in [6.07, 6.45) is 2.17. The molecule has 1 fully saturated rings. The van der Waals surface area contributed by atoms with E-state index in [2.05, 4.69) is 40.0 Å². The number of nitrogens with zero attached hydrogens (tertiary/aromatic N) is 2. The van der Waals surface area contributed by atoms with Crippen molar-refractivity contribution in [3.63, 3.8) is 0 Å². The van der Waals surface area contributed by atoms with Crippen LogP contribution in [0.2, 0.25) is 0 Å². The highest BCUT2D eigenvalue weighted by Gasteiger charge is 2.17. The Morgan fingerprint density at radius 1 is 1.06 bits per heavy atom. The number of halogens is 1. The highest BCUT2D eigenvalue weighted by Crippen LogP contribution is 2.14. The molecule has 1 saturated heterocycles. The van der Waals surface area contributed by atoms with Crippen LogP contribution >= 0.6 is 24.0 Å². The van der Waals surface area contributed by atoms with Crippen LogP contribution in [0.4, 0.5) is 10.5 Å². The zero-order chi connectivity index (χ0) is 22.6. The molecule has 1 unspecified atom stereocenters. The normalized spacial score (nSPS) is 14.4. The Balaban J connectivity index is 0.00000385. The zero-order valence-electron chi connectivity index (χ0n) is 19.5. The molecule has 0 aliphatic carbocycles. The first kappa shape index (κ1) is 26.9. The van der Waals surface area contributed by atoms with Gasteiger partial charge in [-0.05, 0) is 42.0 Å². The summed E-state index contributed by atoms with van der Waals surface area (Å²) in [6, 6.07) is 18.1. The number of ether oxygens (including phenoxy) is 1. The third-order valence-electron chi connectivity index (χ3n) is 5.39. The van der Waals surface area contributed by atoms with Gasteiger partial charge in [0.15, 0.2) is 5.96 Å². The van der Waals surface area contributed by atoms with Crippen molar-refractivity contribution in [2.45, 2.75) is 32.9 Å². The second kappa shape index (κ2) is 14.7. The lowest BCUT2D eigenvalue weighted by molar-refractivity contribution is 0.0931. The molecule has 8 heteroatoms. The van der Waals surface area contributed by atoms with Gasteiger partial charge in [-0.25, -0.2) is 4.79 Å². The largest absolute Gasteiger partial charge is 0.376 e. The van der Waals surface area contributed by atoms with Gasteiger partial charge in [-0.1, -0.05) is 49.4 Å². The van der Waals surface area contributed by atoms with Crippen molar-refractivity contribution in [1.29, 1.82) is 0 Å². The second-order valence-corrected chi connectivity index (χ2v) is 8.24. The van der Waals surface area contributed by atoms with Gasteiger partial charge in [-0.15, -0.1) is 24.0 Å². The number of anilines is 1. The molecular weight excluding hydrogens is 529 g/mol. The molecule has 2 aromatic rings. The van der Waals surface area contributed by atoms with E-state index in [1.165, 1.54) is 5.56 Å². The third kappa shape index (κ3) is 9.59. The molecule has 3 N–H and O–H groups in total. The monoisotopic (exact) mass is 565 g/mol. The quantitative estimate of drug-likeness (QED) is 0.239. The molecule has 33 heavy (non-hydrogen) atoms. The van der Waals surface area contributed by atoms with Crippen molar-refractivity contribution in [1.82, 2.24) is 15.5 Å². The molecule has 0 radical (unpaired) electrons. The topological polar surface area (TPSA) is 78.0 Å². The van der Waals surface area contributed by atoms with Crippen LogP contribution in [0.5, 0.6) is 0 Å². The van der Waals surface area contributed by atoms with Crippen molar-refractivity contribution >= 4 is 41.7 Å². The number of carbonyl (C=O) groups is 1. The number of hydrogen-bond acceptors (Lipinski definition) is 3. The lowest BCUT2D eigenvalue weighted by Crippen LogP contribution is -2.39. The number of amides is 2. The molecule has 1 aliphatic rings. The fraction of sp³-hybridized carbons (Fsp3) is 0.440. The summed E-state index contributed by atoms with van der Waals surface area (Å²) in [5, 5.41) is 9.68. The van der Waals surface area contributed by atoms with E-state index in [9.17, 15) is 4.79 Å². The molecule has 0 spiro atoms. The number of benzene rings is 2. The number of aliphatic imine (C=N–C) groups is 1. The van der Waals surface area contributed by atoms with Crippen molar-refractivity contribution < 1.29 is 9.53 Å². The van der Waals surface area contributed by atoms with Crippen LogP contribution in [0, 0.1) is 5.92 Å². The molecular formula is C25H36IN5O2. The minimum absolute atomic E-state index is 0. The summed E-state index contributed by atoms with van der Waals surface area (Å²) >= 11 is 0. The number of rotatable bonds is 9. The van der Waals surface area contributed by atoms with E-state index < -0.39 is 0 Å². The molecule has 0 aromatic heterocycles. The van der Waals surface area contributed by atoms with E-state index in [1.54, 1.807) is 7.05 Å². The summed E-state index contributed by atoms with van der Waals surface area (Å²) in [7, 11) is 1.76. The van der Waals surface area contributed by atoms with Gasteiger partial charge in [0.2, 0.25) is 0 Å². The molecule has 2 amide bonds. The van der Waals surface area contributed by atoms with Gasteiger partial charge in [-0.3, -0.25) is 4.99 Å². The lowest BCUT2D eigenvalue weighted by Gasteiger charge is -2.17. The van der Waals surface area contributed by atoms with E-state index >= 15 is 0 Å². The number of guanidine groups is 1. The molecule has 180 valence electrons. The van der Waals surface area contributed by atoms with E-state index in [0.717, 1.165) is 49.7 Å². The molecule has 0 saturated carbocycles. The highest BCUT2D eigenvalue weighted by atomic mass is 127. The first-order valence-electron chi connectivity index (χ1n) is 11.3. The van der Waals surface area contributed by atoms with E-state index in [1.807, 2.05) is 47.4 Å². The number of likely N-dealkylation sites (tertiary alicyclic amines) is 1. The number of nitrogens with one attached hydrogen (secondary N) is 3. The van der Waals surface area contributed by atoms with Crippen molar-refractivity contribution in [3.8, 4) is 0 Å². The third-order valence-corrected chi connectivity index (χ3v) is 5.39. The maximum atomic E-state index is 12.3. The SMILES string of the molecule is CN=C(NCc1cccc(NC(=O)N2CCCC2)c1)NCC(C)COCc1ccccc1.I. The van der Waals surface area contributed by atoms with Gasteiger partial charge in [0.05, 0.1) is 13.2 Å². The van der Waals surface area contributed by atoms with E-state index in [4.69, 9.17) is 4.74 Å². The Bertz CT molecular complexity index is 872. The van der Waals surface area contributed by atoms with E-state index in [-0.39, 0.29) is 30.0 Å². The number of hydrogen-bond donors (Lipinski definition) is 3. The van der Waals surface area contributed by atoms with Gasteiger partial charge in [-0.2, -0.15) is 0 Å². The molecule has 1 aliphatic heterocycles. The lowest BCUT2D eigenvalue weighted by atomic mass is 10.2. The van der Waals surface area contributed by atoms with Gasteiger partial charge in [0, 0.05) is 38.9 Å². The van der Waals surface area contributed by atoms with Crippen LogP contribution in [-0.2, 0) is 17.9 Å². The average Bonchev–Trinajstić information content (AvgIpc) is 3.35. The van der Waals surface area contributed by atoms with Gasteiger partial charge in [0.25, 0.3) is 0 Å². The summed E-state index contributed by atoms with van der Waals surface area (Å²) in [5.41, 5.74) is 3.07. The highest BCUT2D eigenvalue weighted by molar-refractivity contribution is 14.0. The van der Waals surface area contributed by atoms with Gasteiger partial charge in [0.1, 0.15) is 0 Å². The smallest absolute Gasteiger partial charge is 0.321 e. The molecule has 1 heterocycles. The van der Waals surface area contributed by atoms with Gasteiger partial charge >= 0.3 is 6.03 Å². The Morgan fingerprint density at radius 3 is 2.52 bits per heavy atom. The Kier molecular flexibility index (Phi) is 12.0. The summed E-state index contributed by atoms with van der Waals surface area (Å²) in [6.45, 7) is 6.51. The van der Waals surface area contributed by atoms with Crippen molar-refractivity contribution in [2.24, 2.45) is 10.9 Å². The fourth-order valence-electron chi connectivity index (χ4n) is 3.57. The second-order valence-electron chi connectivity index (χ2n) is 8.24. The van der Waals surface area contributed by atoms with Crippen molar-refractivity contribution in [3.05, 3.63) is 65.7 Å². The average molecular weight is 566 g/mol. The maximum absolute atomic E-state index is 12.3. The van der Waals surface area contributed by atoms with Crippen LogP contribution in [-0.4, -0.2) is 50.2 Å². The molecule has 0 bridgehead atoms. The fourth-order valence-corrected chi connectivity index (χ4v) is 3.57. The maximum Gasteiger partial charge on any atom is 0.321 e. The Hall–Kier alpha value is -2.33.